The summed E-state index contributed by atoms with van der Waals surface area (Å²) < 4.78 is 7.29. The lowest BCUT2D eigenvalue weighted by atomic mass is 9.97. The lowest BCUT2D eigenvalue weighted by molar-refractivity contribution is 0.0623. The fraction of sp³-hybridized carbons (Fsp3) is 0.727. The molecule has 0 unspecified atom stereocenters. The number of anilines is 1. The molecule has 0 radical (unpaired) electrons. The summed E-state index contributed by atoms with van der Waals surface area (Å²) in [6.45, 7) is 4.76. The molecule has 0 atom stereocenters. The molecule has 15 heavy (non-hydrogen) atoms. The Morgan fingerprint density at radius 2 is 2.27 bits per heavy atom. The van der Waals surface area contributed by atoms with Crippen LogP contribution in [0.1, 0.15) is 25.0 Å². The van der Waals surface area contributed by atoms with Crippen molar-refractivity contribution in [2.45, 2.75) is 32.7 Å². The Labute approximate surface area is 90.4 Å². The van der Waals surface area contributed by atoms with E-state index in [2.05, 4.69) is 5.10 Å². The maximum atomic E-state index is 5.75. The van der Waals surface area contributed by atoms with Gasteiger partial charge >= 0.3 is 0 Å². The number of nitrogen functional groups attached to an aromatic ring is 1. The van der Waals surface area contributed by atoms with Gasteiger partial charge in [0.15, 0.2) is 0 Å². The van der Waals surface area contributed by atoms with Crippen LogP contribution in [0.15, 0.2) is 6.20 Å². The molecule has 2 N–H and O–H groups in total. The summed E-state index contributed by atoms with van der Waals surface area (Å²) in [5, 5.41) is 4.36. The van der Waals surface area contributed by atoms with Gasteiger partial charge in [0.1, 0.15) is 0 Å². The highest BCUT2D eigenvalue weighted by atomic mass is 16.5. The Kier molecular flexibility index (Phi) is 3.26. The molecule has 1 aliphatic heterocycles. The molecule has 1 fully saturated rings. The van der Waals surface area contributed by atoms with E-state index in [4.69, 9.17) is 10.5 Å². The Balaban J connectivity index is 1.81. The highest BCUT2D eigenvalue weighted by molar-refractivity contribution is 5.39. The molecule has 1 aromatic rings. The van der Waals surface area contributed by atoms with E-state index in [0.717, 1.165) is 37.1 Å². The SMILES string of the molecule is Cc1nn(CCC2CCOCC2)cc1N. The van der Waals surface area contributed by atoms with Gasteiger partial charge in [0, 0.05) is 26.0 Å². The van der Waals surface area contributed by atoms with E-state index < -0.39 is 0 Å². The average molecular weight is 209 g/mol. The molecule has 1 aliphatic rings. The third kappa shape index (κ3) is 2.72. The minimum absolute atomic E-state index is 0.793. The number of aromatic nitrogens is 2. The van der Waals surface area contributed by atoms with E-state index in [9.17, 15) is 0 Å². The molecule has 0 amide bonds. The van der Waals surface area contributed by atoms with Crippen molar-refractivity contribution in [3.8, 4) is 0 Å². The Morgan fingerprint density at radius 1 is 1.53 bits per heavy atom. The number of rotatable bonds is 3. The number of nitrogens with zero attached hydrogens (tertiary/aromatic N) is 2. The Morgan fingerprint density at radius 3 is 2.87 bits per heavy atom. The molecule has 0 saturated carbocycles. The van der Waals surface area contributed by atoms with E-state index >= 15 is 0 Å². The second-order valence-corrected chi connectivity index (χ2v) is 4.28. The van der Waals surface area contributed by atoms with Crippen molar-refractivity contribution in [1.82, 2.24) is 9.78 Å². The Bertz CT molecular complexity index is 296. The van der Waals surface area contributed by atoms with E-state index in [1.807, 2.05) is 17.8 Å². The number of hydrogen-bond donors (Lipinski definition) is 1. The van der Waals surface area contributed by atoms with Gasteiger partial charge in [-0.1, -0.05) is 0 Å². The van der Waals surface area contributed by atoms with Crippen molar-refractivity contribution >= 4 is 5.69 Å². The van der Waals surface area contributed by atoms with Crippen molar-refractivity contribution in [1.29, 1.82) is 0 Å². The van der Waals surface area contributed by atoms with Crippen LogP contribution in [0.5, 0.6) is 0 Å². The maximum absolute atomic E-state index is 5.75. The normalized spacial score (nSPS) is 18.2. The predicted molar refractivity (Wildman–Crippen MR) is 59.5 cm³/mol. The summed E-state index contributed by atoms with van der Waals surface area (Å²) in [4.78, 5) is 0. The van der Waals surface area contributed by atoms with Crippen LogP contribution in [-0.4, -0.2) is 23.0 Å². The second kappa shape index (κ2) is 4.66. The van der Waals surface area contributed by atoms with Crippen LogP contribution >= 0.6 is 0 Å². The second-order valence-electron chi connectivity index (χ2n) is 4.28. The molecule has 4 heteroatoms. The monoisotopic (exact) mass is 209 g/mol. The first-order chi connectivity index (χ1) is 7.25. The topological polar surface area (TPSA) is 53.1 Å². The largest absolute Gasteiger partial charge is 0.396 e. The molecule has 2 heterocycles. The van der Waals surface area contributed by atoms with Crippen LogP contribution in [0, 0.1) is 12.8 Å². The number of ether oxygens (including phenoxy) is 1. The first-order valence-electron chi connectivity index (χ1n) is 5.63. The highest BCUT2D eigenvalue weighted by Crippen LogP contribution is 2.19. The van der Waals surface area contributed by atoms with Crippen molar-refractivity contribution < 1.29 is 4.74 Å². The highest BCUT2D eigenvalue weighted by Gasteiger charge is 2.13. The first kappa shape index (κ1) is 10.5. The van der Waals surface area contributed by atoms with Crippen LogP contribution < -0.4 is 5.73 Å². The summed E-state index contributed by atoms with van der Waals surface area (Å²) in [6, 6.07) is 0. The van der Waals surface area contributed by atoms with Gasteiger partial charge in [-0.2, -0.15) is 5.10 Å². The number of aryl methyl sites for hydroxylation is 2. The Hall–Kier alpha value is -1.03. The molecular weight excluding hydrogens is 190 g/mol. The van der Waals surface area contributed by atoms with E-state index in [1.54, 1.807) is 0 Å². The molecule has 4 nitrogen and oxygen atoms in total. The molecule has 0 aliphatic carbocycles. The van der Waals surface area contributed by atoms with E-state index in [-0.39, 0.29) is 0 Å². The standard InChI is InChI=1S/C11H19N3O/c1-9-11(12)8-14(13-9)5-2-10-3-6-15-7-4-10/h8,10H,2-7,12H2,1H3. The van der Waals surface area contributed by atoms with Crippen LogP contribution in [-0.2, 0) is 11.3 Å². The van der Waals surface area contributed by atoms with Crippen LogP contribution in [0.3, 0.4) is 0 Å². The summed E-state index contributed by atoms with van der Waals surface area (Å²) >= 11 is 0. The maximum Gasteiger partial charge on any atom is 0.0822 e. The first-order valence-corrected chi connectivity index (χ1v) is 5.63. The fourth-order valence-corrected chi connectivity index (χ4v) is 2.00. The van der Waals surface area contributed by atoms with Gasteiger partial charge in [0.25, 0.3) is 0 Å². The summed E-state index contributed by atoms with van der Waals surface area (Å²) in [5.74, 6) is 0.796. The zero-order valence-electron chi connectivity index (χ0n) is 9.28. The van der Waals surface area contributed by atoms with Crippen molar-refractivity contribution in [2.75, 3.05) is 18.9 Å². The van der Waals surface area contributed by atoms with Crippen molar-refractivity contribution in [3.05, 3.63) is 11.9 Å². The van der Waals surface area contributed by atoms with Crippen LogP contribution in [0.4, 0.5) is 5.69 Å². The summed E-state index contributed by atoms with van der Waals surface area (Å²) in [7, 11) is 0. The minimum atomic E-state index is 0.793. The van der Waals surface area contributed by atoms with Gasteiger partial charge in [-0.25, -0.2) is 0 Å². The minimum Gasteiger partial charge on any atom is -0.396 e. The molecule has 0 aromatic carbocycles. The van der Waals surface area contributed by atoms with Gasteiger partial charge in [0.05, 0.1) is 11.4 Å². The lowest BCUT2D eigenvalue weighted by Gasteiger charge is -2.21. The number of nitrogens with two attached hydrogens (primary N) is 1. The van der Waals surface area contributed by atoms with Gasteiger partial charge in [-0.15, -0.1) is 0 Å². The zero-order chi connectivity index (χ0) is 10.7. The molecule has 2 rings (SSSR count). The fourth-order valence-electron chi connectivity index (χ4n) is 2.00. The van der Waals surface area contributed by atoms with Gasteiger partial charge in [0.2, 0.25) is 0 Å². The smallest absolute Gasteiger partial charge is 0.0822 e. The molecule has 1 aromatic heterocycles. The van der Waals surface area contributed by atoms with Gasteiger partial charge in [-0.05, 0) is 32.1 Å². The van der Waals surface area contributed by atoms with Crippen molar-refractivity contribution in [2.24, 2.45) is 5.92 Å². The lowest BCUT2D eigenvalue weighted by Crippen LogP contribution is -2.17. The molecule has 1 saturated heterocycles. The molecule has 0 bridgehead atoms. The van der Waals surface area contributed by atoms with Crippen LogP contribution in [0.25, 0.3) is 0 Å². The number of hydrogen-bond acceptors (Lipinski definition) is 3. The predicted octanol–water partition coefficient (Wildman–Crippen LogP) is 1.59. The third-order valence-corrected chi connectivity index (χ3v) is 3.09. The summed E-state index contributed by atoms with van der Waals surface area (Å²) in [5.41, 5.74) is 7.47. The zero-order valence-corrected chi connectivity index (χ0v) is 9.28. The third-order valence-electron chi connectivity index (χ3n) is 3.09. The van der Waals surface area contributed by atoms with Crippen molar-refractivity contribution in [3.63, 3.8) is 0 Å². The van der Waals surface area contributed by atoms with Gasteiger partial charge in [-0.3, -0.25) is 4.68 Å². The summed E-state index contributed by atoms with van der Waals surface area (Å²) in [6.07, 6.45) is 5.49. The van der Waals surface area contributed by atoms with E-state index in [0.29, 0.717) is 0 Å². The molecular formula is C11H19N3O. The average Bonchev–Trinajstić information content (AvgIpc) is 2.57. The molecule has 0 spiro atoms. The van der Waals surface area contributed by atoms with Gasteiger partial charge < -0.3 is 10.5 Å². The molecule has 84 valence electrons. The van der Waals surface area contributed by atoms with Crippen LogP contribution in [0.2, 0.25) is 0 Å². The van der Waals surface area contributed by atoms with E-state index in [1.165, 1.54) is 19.3 Å². The quantitative estimate of drug-likeness (QED) is 0.822.